The summed E-state index contributed by atoms with van der Waals surface area (Å²) in [4.78, 5) is 27.9. The molecule has 7 heteroatoms. The Labute approximate surface area is 118 Å². The van der Waals surface area contributed by atoms with Gasteiger partial charge in [0.25, 0.3) is 5.91 Å². The van der Waals surface area contributed by atoms with Gasteiger partial charge in [-0.1, -0.05) is 0 Å². The fraction of sp³-hybridized carbons (Fsp3) is 0.417. The Hall–Kier alpha value is -1.63. The number of hydrogen-bond donors (Lipinski definition) is 1. The van der Waals surface area contributed by atoms with Crippen LogP contribution in [0.4, 0.5) is 5.82 Å². The van der Waals surface area contributed by atoms with Crippen molar-refractivity contribution in [2.24, 2.45) is 5.41 Å². The fourth-order valence-corrected chi connectivity index (χ4v) is 2.12. The molecule has 0 radical (unpaired) electrons. The molecular formula is C12H13BrN2O4. The number of aromatic nitrogens is 1. The lowest BCUT2D eigenvalue weighted by Gasteiger charge is -2.34. The smallest absolute Gasteiger partial charge is 0.315 e. The van der Waals surface area contributed by atoms with Crippen LogP contribution in [0, 0.1) is 5.41 Å². The Kier molecular flexibility index (Phi) is 3.49. The molecule has 0 saturated carbocycles. The van der Waals surface area contributed by atoms with E-state index >= 15 is 0 Å². The van der Waals surface area contributed by atoms with Crippen molar-refractivity contribution in [1.29, 1.82) is 0 Å². The van der Waals surface area contributed by atoms with Crippen LogP contribution in [-0.4, -0.2) is 30.1 Å². The number of anilines is 1. The molecule has 0 bridgehead atoms. The summed E-state index contributed by atoms with van der Waals surface area (Å²) in [7, 11) is 1.28. The maximum atomic E-state index is 12.0. The van der Waals surface area contributed by atoms with Crippen LogP contribution in [0.5, 0.6) is 5.75 Å². The molecule has 1 aromatic rings. The van der Waals surface area contributed by atoms with Gasteiger partial charge in [0.1, 0.15) is 10.0 Å². The highest BCUT2D eigenvalue weighted by Gasteiger charge is 2.46. The summed E-state index contributed by atoms with van der Waals surface area (Å²) >= 11 is 3.21. The minimum absolute atomic E-state index is 0.330. The average molecular weight is 329 g/mol. The van der Waals surface area contributed by atoms with Crippen LogP contribution >= 0.6 is 15.9 Å². The lowest BCUT2D eigenvalue weighted by Crippen LogP contribution is -2.51. The number of pyridine rings is 1. The summed E-state index contributed by atoms with van der Waals surface area (Å²) in [5.41, 5.74) is -1.09. The zero-order chi connectivity index (χ0) is 14.2. The van der Waals surface area contributed by atoms with Gasteiger partial charge in [-0.25, -0.2) is 4.98 Å². The number of esters is 1. The number of fused-ring (bicyclic) bond motifs is 1. The van der Waals surface area contributed by atoms with Crippen LogP contribution in [0.3, 0.4) is 0 Å². The van der Waals surface area contributed by atoms with Crippen molar-refractivity contribution in [2.45, 2.75) is 20.0 Å². The van der Waals surface area contributed by atoms with E-state index in [1.54, 1.807) is 26.0 Å². The lowest BCUT2D eigenvalue weighted by atomic mass is 9.85. The van der Waals surface area contributed by atoms with Crippen LogP contribution in [0.1, 0.15) is 13.8 Å². The number of rotatable bonds is 2. The van der Waals surface area contributed by atoms with E-state index in [0.717, 1.165) is 0 Å². The molecular weight excluding hydrogens is 316 g/mol. The fourth-order valence-electron chi connectivity index (χ4n) is 1.82. The molecule has 0 saturated heterocycles. The predicted molar refractivity (Wildman–Crippen MR) is 70.8 cm³/mol. The van der Waals surface area contributed by atoms with Crippen molar-refractivity contribution in [3.05, 3.63) is 16.7 Å². The molecule has 102 valence electrons. The van der Waals surface area contributed by atoms with Crippen LogP contribution < -0.4 is 10.1 Å². The lowest BCUT2D eigenvalue weighted by molar-refractivity contribution is -0.159. The van der Waals surface area contributed by atoms with Gasteiger partial charge in [-0.15, -0.1) is 0 Å². The largest absolute Gasteiger partial charge is 0.475 e. The van der Waals surface area contributed by atoms with Gasteiger partial charge in [0.15, 0.2) is 17.7 Å². The first kappa shape index (κ1) is 13.8. The summed E-state index contributed by atoms with van der Waals surface area (Å²) in [6.07, 6.45) is -0.963. The standard InChI is InChI=1S/C12H13BrN2O4/c1-12(2,11(17)18-3)8-10(16)15-9-6(19-8)4-5-7(13)14-9/h4-5,8H,1-3H3,(H,14,15,16). The van der Waals surface area contributed by atoms with Crippen molar-refractivity contribution >= 4 is 33.6 Å². The number of halogens is 1. The van der Waals surface area contributed by atoms with E-state index in [1.807, 2.05) is 0 Å². The molecule has 0 aliphatic carbocycles. The highest BCUT2D eigenvalue weighted by Crippen LogP contribution is 2.35. The van der Waals surface area contributed by atoms with E-state index in [-0.39, 0.29) is 0 Å². The van der Waals surface area contributed by atoms with Crippen LogP contribution in [0.15, 0.2) is 16.7 Å². The average Bonchev–Trinajstić information content (AvgIpc) is 2.36. The number of hydrogen-bond acceptors (Lipinski definition) is 5. The molecule has 1 amide bonds. The Bertz CT molecular complexity index is 545. The van der Waals surface area contributed by atoms with E-state index in [2.05, 4.69) is 26.2 Å². The van der Waals surface area contributed by atoms with Crippen molar-refractivity contribution < 1.29 is 19.1 Å². The molecule has 6 nitrogen and oxygen atoms in total. The van der Waals surface area contributed by atoms with E-state index < -0.39 is 23.4 Å². The molecule has 1 N–H and O–H groups in total. The molecule has 1 aromatic heterocycles. The summed E-state index contributed by atoms with van der Waals surface area (Å²) < 4.78 is 10.9. The SMILES string of the molecule is COC(=O)C(C)(C)C1Oc2ccc(Br)nc2NC1=O. The number of amides is 1. The van der Waals surface area contributed by atoms with Gasteiger partial charge in [0, 0.05) is 0 Å². The van der Waals surface area contributed by atoms with Crippen molar-refractivity contribution in [2.75, 3.05) is 12.4 Å². The molecule has 1 atom stereocenters. The number of carbonyl (C=O) groups is 2. The van der Waals surface area contributed by atoms with Crippen LogP contribution in [-0.2, 0) is 14.3 Å². The van der Waals surface area contributed by atoms with E-state index in [0.29, 0.717) is 16.2 Å². The maximum absolute atomic E-state index is 12.0. The quantitative estimate of drug-likeness (QED) is 0.661. The number of nitrogens with zero attached hydrogens (tertiary/aromatic N) is 1. The monoisotopic (exact) mass is 328 g/mol. The first-order valence-corrected chi connectivity index (χ1v) is 6.38. The van der Waals surface area contributed by atoms with Crippen molar-refractivity contribution in [1.82, 2.24) is 4.98 Å². The van der Waals surface area contributed by atoms with E-state index in [4.69, 9.17) is 9.47 Å². The second kappa shape index (κ2) is 4.80. The maximum Gasteiger partial charge on any atom is 0.315 e. The first-order chi connectivity index (χ1) is 8.86. The van der Waals surface area contributed by atoms with Gasteiger partial charge in [0.05, 0.1) is 7.11 Å². The third-order valence-electron chi connectivity index (χ3n) is 2.92. The third-order valence-corrected chi connectivity index (χ3v) is 3.36. The molecule has 1 unspecified atom stereocenters. The Balaban J connectivity index is 2.34. The van der Waals surface area contributed by atoms with Gasteiger partial charge >= 0.3 is 5.97 Å². The van der Waals surface area contributed by atoms with Gasteiger partial charge in [-0.3, -0.25) is 9.59 Å². The first-order valence-electron chi connectivity index (χ1n) is 5.58. The molecule has 0 aromatic carbocycles. The van der Waals surface area contributed by atoms with Gasteiger partial charge in [-0.05, 0) is 41.9 Å². The molecule has 0 fully saturated rings. The molecule has 2 heterocycles. The van der Waals surface area contributed by atoms with Crippen molar-refractivity contribution in [3.63, 3.8) is 0 Å². The minimum atomic E-state index is -1.09. The van der Waals surface area contributed by atoms with Gasteiger partial charge < -0.3 is 14.8 Å². The molecule has 1 aliphatic rings. The third kappa shape index (κ3) is 2.42. The van der Waals surface area contributed by atoms with E-state index in [1.165, 1.54) is 7.11 Å². The number of carbonyl (C=O) groups excluding carboxylic acids is 2. The van der Waals surface area contributed by atoms with Crippen molar-refractivity contribution in [3.8, 4) is 5.75 Å². The van der Waals surface area contributed by atoms with Gasteiger partial charge in [-0.2, -0.15) is 0 Å². The number of methoxy groups -OCH3 is 1. The van der Waals surface area contributed by atoms with Gasteiger partial charge in [0.2, 0.25) is 0 Å². The Morgan fingerprint density at radius 3 is 2.84 bits per heavy atom. The zero-order valence-electron chi connectivity index (χ0n) is 10.7. The topological polar surface area (TPSA) is 77.5 Å². The molecule has 1 aliphatic heterocycles. The summed E-state index contributed by atoms with van der Waals surface area (Å²) in [6.45, 7) is 3.20. The highest BCUT2D eigenvalue weighted by atomic mass is 79.9. The molecule has 2 rings (SSSR count). The normalized spacial score (nSPS) is 18.1. The molecule has 19 heavy (non-hydrogen) atoms. The van der Waals surface area contributed by atoms with Crippen LogP contribution in [0.25, 0.3) is 0 Å². The highest BCUT2D eigenvalue weighted by molar-refractivity contribution is 9.10. The minimum Gasteiger partial charge on any atom is -0.475 e. The number of nitrogens with one attached hydrogen (secondary N) is 1. The Morgan fingerprint density at radius 1 is 1.53 bits per heavy atom. The zero-order valence-corrected chi connectivity index (χ0v) is 12.3. The summed E-state index contributed by atoms with van der Waals surface area (Å²) in [6, 6.07) is 3.37. The van der Waals surface area contributed by atoms with E-state index in [9.17, 15) is 9.59 Å². The number of ether oxygens (including phenoxy) is 2. The summed E-state index contributed by atoms with van der Waals surface area (Å²) in [5, 5.41) is 2.62. The molecule has 0 spiro atoms. The predicted octanol–water partition coefficient (Wildman–Crippen LogP) is 1.74. The summed E-state index contributed by atoms with van der Waals surface area (Å²) in [5.74, 6) is -0.185. The second-order valence-corrected chi connectivity index (χ2v) is 5.49. The van der Waals surface area contributed by atoms with Crippen LogP contribution in [0.2, 0.25) is 0 Å². The second-order valence-electron chi connectivity index (χ2n) is 4.68. The Morgan fingerprint density at radius 2 is 2.21 bits per heavy atom.